The number of benzene rings is 2. The van der Waals surface area contributed by atoms with Crippen LogP contribution in [0.25, 0.3) is 22.4 Å². The molecule has 2 aromatic carbocycles. The van der Waals surface area contributed by atoms with Crippen molar-refractivity contribution in [1.82, 2.24) is 4.98 Å². The zero-order valence-corrected chi connectivity index (χ0v) is 10.6. The van der Waals surface area contributed by atoms with Crippen LogP contribution in [0.1, 0.15) is 0 Å². The second-order valence-electron chi connectivity index (χ2n) is 4.45. The topological polar surface area (TPSA) is 12.9 Å². The third kappa shape index (κ3) is 2.57. The molecular formula is C17H11F2N. The standard InChI is InChI=1S/C17H11F2N/c18-15-8-14(9-16(19)11-15)17-10-13(6-7-20-17)12-4-2-1-3-5-12/h1-11H. The lowest BCUT2D eigenvalue weighted by Crippen LogP contribution is -1.88. The summed E-state index contributed by atoms with van der Waals surface area (Å²) in [6.45, 7) is 0. The Morgan fingerprint density at radius 1 is 0.650 bits per heavy atom. The lowest BCUT2D eigenvalue weighted by molar-refractivity contribution is 0.584. The quantitative estimate of drug-likeness (QED) is 0.656. The van der Waals surface area contributed by atoms with E-state index in [9.17, 15) is 8.78 Å². The number of hydrogen-bond donors (Lipinski definition) is 0. The number of nitrogens with zero attached hydrogens (tertiary/aromatic N) is 1. The summed E-state index contributed by atoms with van der Waals surface area (Å²) in [5.41, 5.74) is 2.97. The van der Waals surface area contributed by atoms with Gasteiger partial charge in [0.05, 0.1) is 5.69 Å². The van der Waals surface area contributed by atoms with Crippen molar-refractivity contribution in [2.45, 2.75) is 0 Å². The van der Waals surface area contributed by atoms with Gasteiger partial charge in [0.2, 0.25) is 0 Å². The van der Waals surface area contributed by atoms with Crippen molar-refractivity contribution in [2.24, 2.45) is 0 Å². The molecule has 0 bridgehead atoms. The van der Waals surface area contributed by atoms with Gasteiger partial charge in [-0.05, 0) is 35.4 Å². The molecule has 1 aromatic heterocycles. The van der Waals surface area contributed by atoms with Crippen LogP contribution in [0.2, 0.25) is 0 Å². The molecule has 0 spiro atoms. The Morgan fingerprint density at radius 2 is 1.35 bits per heavy atom. The van der Waals surface area contributed by atoms with Gasteiger partial charge in [-0.2, -0.15) is 0 Å². The van der Waals surface area contributed by atoms with Gasteiger partial charge >= 0.3 is 0 Å². The first-order valence-corrected chi connectivity index (χ1v) is 6.20. The van der Waals surface area contributed by atoms with Crippen molar-refractivity contribution in [3.05, 3.63) is 78.5 Å². The molecule has 3 aromatic rings. The van der Waals surface area contributed by atoms with Gasteiger partial charge in [-0.25, -0.2) is 8.78 Å². The SMILES string of the molecule is Fc1cc(F)cc(-c2cc(-c3ccccc3)ccn2)c1. The predicted octanol–water partition coefficient (Wildman–Crippen LogP) is 4.69. The fourth-order valence-corrected chi connectivity index (χ4v) is 2.10. The van der Waals surface area contributed by atoms with Crippen LogP contribution in [0, 0.1) is 11.6 Å². The van der Waals surface area contributed by atoms with Crippen molar-refractivity contribution >= 4 is 0 Å². The Labute approximate surface area is 115 Å². The van der Waals surface area contributed by atoms with E-state index in [1.165, 1.54) is 12.1 Å². The second-order valence-corrected chi connectivity index (χ2v) is 4.45. The highest BCUT2D eigenvalue weighted by atomic mass is 19.1. The minimum absolute atomic E-state index is 0.431. The van der Waals surface area contributed by atoms with E-state index < -0.39 is 11.6 Å². The molecule has 3 heteroatoms. The molecule has 1 heterocycles. The van der Waals surface area contributed by atoms with Crippen LogP contribution in [-0.2, 0) is 0 Å². The maximum absolute atomic E-state index is 13.3. The van der Waals surface area contributed by atoms with Gasteiger partial charge in [0.1, 0.15) is 11.6 Å². The van der Waals surface area contributed by atoms with E-state index in [1.807, 2.05) is 42.5 Å². The van der Waals surface area contributed by atoms with Crippen LogP contribution in [0.15, 0.2) is 66.9 Å². The summed E-state index contributed by atoms with van der Waals surface area (Å²) < 4.78 is 26.5. The summed E-state index contributed by atoms with van der Waals surface area (Å²) in [5.74, 6) is -1.21. The van der Waals surface area contributed by atoms with Crippen LogP contribution < -0.4 is 0 Å². The first-order chi connectivity index (χ1) is 9.72. The minimum Gasteiger partial charge on any atom is -0.256 e. The van der Waals surface area contributed by atoms with Crippen molar-refractivity contribution in [2.75, 3.05) is 0 Å². The minimum atomic E-state index is -0.605. The van der Waals surface area contributed by atoms with E-state index in [-0.39, 0.29) is 0 Å². The van der Waals surface area contributed by atoms with Crippen LogP contribution in [-0.4, -0.2) is 4.98 Å². The first-order valence-electron chi connectivity index (χ1n) is 6.20. The van der Waals surface area contributed by atoms with E-state index in [0.29, 0.717) is 11.3 Å². The number of aromatic nitrogens is 1. The van der Waals surface area contributed by atoms with Crippen LogP contribution in [0.4, 0.5) is 8.78 Å². The van der Waals surface area contributed by atoms with Gasteiger partial charge in [-0.3, -0.25) is 4.98 Å². The first kappa shape index (κ1) is 12.5. The van der Waals surface area contributed by atoms with Crippen molar-refractivity contribution < 1.29 is 8.78 Å². The molecule has 0 fully saturated rings. The molecule has 0 saturated carbocycles. The Bertz CT molecular complexity index is 719. The van der Waals surface area contributed by atoms with Crippen molar-refractivity contribution in [3.8, 4) is 22.4 Å². The van der Waals surface area contributed by atoms with E-state index in [4.69, 9.17) is 0 Å². The Morgan fingerprint density at radius 3 is 2.05 bits per heavy atom. The van der Waals surface area contributed by atoms with Gasteiger partial charge < -0.3 is 0 Å². The number of halogens is 2. The van der Waals surface area contributed by atoms with Gasteiger partial charge in [0.15, 0.2) is 0 Å². The monoisotopic (exact) mass is 267 g/mol. The number of pyridine rings is 1. The normalized spacial score (nSPS) is 10.5. The second kappa shape index (κ2) is 5.21. The fraction of sp³-hybridized carbons (Fsp3) is 0. The molecule has 0 amide bonds. The number of rotatable bonds is 2. The lowest BCUT2D eigenvalue weighted by Gasteiger charge is -2.05. The molecule has 0 atom stereocenters. The Hall–Kier alpha value is -2.55. The van der Waals surface area contributed by atoms with Gasteiger partial charge in [-0.1, -0.05) is 30.3 Å². The van der Waals surface area contributed by atoms with Gasteiger partial charge in [-0.15, -0.1) is 0 Å². The third-order valence-corrected chi connectivity index (χ3v) is 3.03. The average Bonchev–Trinajstić information content (AvgIpc) is 2.47. The average molecular weight is 267 g/mol. The highest BCUT2D eigenvalue weighted by Crippen LogP contribution is 2.25. The maximum Gasteiger partial charge on any atom is 0.126 e. The molecule has 3 rings (SSSR count). The molecule has 0 unspecified atom stereocenters. The zero-order chi connectivity index (χ0) is 13.9. The molecule has 0 saturated heterocycles. The van der Waals surface area contributed by atoms with Crippen LogP contribution in [0.3, 0.4) is 0 Å². The molecular weight excluding hydrogens is 256 g/mol. The molecule has 0 aliphatic carbocycles. The zero-order valence-electron chi connectivity index (χ0n) is 10.6. The largest absolute Gasteiger partial charge is 0.256 e. The molecule has 98 valence electrons. The summed E-state index contributed by atoms with van der Waals surface area (Å²) in [4.78, 5) is 4.18. The van der Waals surface area contributed by atoms with Crippen LogP contribution in [0.5, 0.6) is 0 Å². The van der Waals surface area contributed by atoms with Gasteiger partial charge in [0, 0.05) is 17.8 Å². The van der Waals surface area contributed by atoms with Gasteiger partial charge in [0.25, 0.3) is 0 Å². The summed E-state index contributed by atoms with van der Waals surface area (Å²) in [7, 11) is 0. The van der Waals surface area contributed by atoms with Crippen molar-refractivity contribution in [3.63, 3.8) is 0 Å². The molecule has 0 N–H and O–H groups in total. The molecule has 0 radical (unpaired) electrons. The Balaban J connectivity index is 2.07. The molecule has 1 nitrogen and oxygen atoms in total. The van der Waals surface area contributed by atoms with Crippen LogP contribution >= 0.6 is 0 Å². The fourth-order valence-electron chi connectivity index (χ4n) is 2.10. The summed E-state index contributed by atoms with van der Waals surface area (Å²) in [5, 5.41) is 0. The summed E-state index contributed by atoms with van der Waals surface area (Å²) in [6, 6.07) is 16.9. The van der Waals surface area contributed by atoms with E-state index in [1.54, 1.807) is 6.20 Å². The third-order valence-electron chi connectivity index (χ3n) is 3.03. The molecule has 0 aliphatic rings. The highest BCUT2D eigenvalue weighted by molar-refractivity contribution is 5.70. The Kier molecular flexibility index (Phi) is 3.25. The number of hydrogen-bond acceptors (Lipinski definition) is 1. The molecule has 0 aliphatic heterocycles. The highest BCUT2D eigenvalue weighted by Gasteiger charge is 2.06. The van der Waals surface area contributed by atoms with E-state index >= 15 is 0 Å². The predicted molar refractivity (Wildman–Crippen MR) is 75.0 cm³/mol. The smallest absolute Gasteiger partial charge is 0.126 e. The van der Waals surface area contributed by atoms with Crippen molar-refractivity contribution in [1.29, 1.82) is 0 Å². The summed E-state index contributed by atoms with van der Waals surface area (Å²) >= 11 is 0. The molecule has 20 heavy (non-hydrogen) atoms. The van der Waals surface area contributed by atoms with E-state index in [2.05, 4.69) is 4.98 Å². The van der Waals surface area contributed by atoms with E-state index in [0.717, 1.165) is 17.2 Å². The lowest BCUT2D eigenvalue weighted by atomic mass is 10.0. The maximum atomic E-state index is 13.3. The summed E-state index contributed by atoms with van der Waals surface area (Å²) in [6.07, 6.45) is 1.64.